The van der Waals surface area contributed by atoms with E-state index in [-0.39, 0.29) is 12.1 Å². The highest BCUT2D eigenvalue weighted by molar-refractivity contribution is 7.17. The molecule has 0 bridgehead atoms. The van der Waals surface area contributed by atoms with E-state index in [0.717, 1.165) is 21.5 Å². The van der Waals surface area contributed by atoms with Crippen LogP contribution >= 0.6 is 11.3 Å². The molecule has 0 amide bonds. The normalized spacial score (nSPS) is 11.2. The van der Waals surface area contributed by atoms with Gasteiger partial charge in [-0.25, -0.2) is 8.78 Å². The van der Waals surface area contributed by atoms with Crippen LogP contribution in [0.5, 0.6) is 5.75 Å². The zero-order valence-corrected chi connectivity index (χ0v) is 15.1. The Morgan fingerprint density at radius 1 is 1.07 bits per heavy atom. The fraction of sp³-hybridized carbons (Fsp3) is 0.150. The summed E-state index contributed by atoms with van der Waals surface area (Å²) in [4.78, 5) is 0. The molecule has 138 valence electrons. The van der Waals surface area contributed by atoms with Crippen molar-refractivity contribution in [1.82, 2.24) is 10.5 Å². The largest absolute Gasteiger partial charge is 0.492 e. The van der Waals surface area contributed by atoms with Crippen LogP contribution in [0.25, 0.3) is 21.5 Å². The third-order valence-electron chi connectivity index (χ3n) is 4.10. The lowest BCUT2D eigenvalue weighted by Gasteiger charge is -2.09. The average molecular weight is 386 g/mol. The monoisotopic (exact) mass is 386 g/mol. The Bertz CT molecular complexity index is 1040. The van der Waals surface area contributed by atoms with Crippen molar-refractivity contribution in [2.75, 3.05) is 13.2 Å². The summed E-state index contributed by atoms with van der Waals surface area (Å²) < 4.78 is 39.2. The molecule has 2 aromatic carbocycles. The van der Waals surface area contributed by atoms with Gasteiger partial charge in [-0.3, -0.25) is 0 Å². The van der Waals surface area contributed by atoms with Crippen molar-refractivity contribution >= 4 is 21.6 Å². The van der Waals surface area contributed by atoms with Crippen LogP contribution in [0.4, 0.5) is 8.78 Å². The Kier molecular flexibility index (Phi) is 5.13. The van der Waals surface area contributed by atoms with E-state index in [1.165, 1.54) is 18.2 Å². The third kappa shape index (κ3) is 3.84. The first-order chi connectivity index (χ1) is 13.2. The van der Waals surface area contributed by atoms with E-state index >= 15 is 0 Å². The molecule has 2 heterocycles. The van der Waals surface area contributed by atoms with E-state index < -0.39 is 11.6 Å². The molecule has 4 nitrogen and oxygen atoms in total. The van der Waals surface area contributed by atoms with E-state index in [2.05, 4.69) is 10.5 Å². The van der Waals surface area contributed by atoms with E-state index in [9.17, 15) is 8.78 Å². The molecule has 0 unspecified atom stereocenters. The van der Waals surface area contributed by atoms with Crippen molar-refractivity contribution in [1.29, 1.82) is 0 Å². The van der Waals surface area contributed by atoms with Gasteiger partial charge in [-0.2, -0.15) is 0 Å². The predicted molar refractivity (Wildman–Crippen MR) is 101 cm³/mol. The maximum atomic E-state index is 13.6. The summed E-state index contributed by atoms with van der Waals surface area (Å²) in [5.74, 6) is -0.411. The second-order valence-corrected chi connectivity index (χ2v) is 6.81. The lowest BCUT2D eigenvalue weighted by molar-refractivity contribution is 0.313. The van der Waals surface area contributed by atoms with Gasteiger partial charge in [0.15, 0.2) is 5.58 Å². The van der Waals surface area contributed by atoms with Crippen molar-refractivity contribution < 1.29 is 18.0 Å². The molecule has 7 heteroatoms. The number of nitrogens with one attached hydrogen (secondary N) is 1. The Hall–Kier alpha value is -2.77. The van der Waals surface area contributed by atoms with Crippen LogP contribution < -0.4 is 10.1 Å². The standard InChI is InChI=1S/C20H16F2N2O2S/c21-16-5-2-6-17(22)15(16)12-23-8-9-25-14-4-1-3-13(11-14)19-20-18(26-24-19)7-10-27-20/h1-7,10-11,23H,8-9,12H2. The maximum Gasteiger partial charge on any atom is 0.178 e. The first-order valence-electron chi connectivity index (χ1n) is 8.42. The quantitative estimate of drug-likeness (QED) is 0.454. The van der Waals surface area contributed by atoms with Crippen molar-refractivity contribution in [3.05, 3.63) is 71.1 Å². The number of ether oxygens (including phenoxy) is 1. The summed E-state index contributed by atoms with van der Waals surface area (Å²) in [5, 5.41) is 9.07. The van der Waals surface area contributed by atoms with Gasteiger partial charge in [0.1, 0.15) is 34.4 Å². The summed E-state index contributed by atoms with van der Waals surface area (Å²) in [6.07, 6.45) is 0. The van der Waals surface area contributed by atoms with Crippen LogP contribution in [0.2, 0.25) is 0 Å². The van der Waals surface area contributed by atoms with E-state index in [0.29, 0.717) is 18.9 Å². The van der Waals surface area contributed by atoms with Crippen molar-refractivity contribution in [3.63, 3.8) is 0 Å². The Balaban J connectivity index is 1.34. The number of hydrogen-bond donors (Lipinski definition) is 1. The average Bonchev–Trinajstić information content (AvgIpc) is 3.27. The molecule has 0 radical (unpaired) electrons. The molecule has 4 aromatic rings. The Morgan fingerprint density at radius 3 is 2.74 bits per heavy atom. The predicted octanol–water partition coefficient (Wildman–Crippen LogP) is 5.00. The van der Waals surface area contributed by atoms with Crippen LogP contribution in [0, 0.1) is 11.6 Å². The molecule has 0 aliphatic carbocycles. The van der Waals surface area contributed by atoms with Gasteiger partial charge in [0.05, 0.1) is 0 Å². The Morgan fingerprint density at radius 2 is 1.89 bits per heavy atom. The van der Waals surface area contributed by atoms with Crippen molar-refractivity contribution in [3.8, 4) is 17.0 Å². The highest BCUT2D eigenvalue weighted by Gasteiger charge is 2.12. The fourth-order valence-corrected chi connectivity index (χ4v) is 3.57. The zero-order valence-electron chi connectivity index (χ0n) is 14.2. The van der Waals surface area contributed by atoms with Crippen LogP contribution in [0.1, 0.15) is 5.56 Å². The minimum absolute atomic E-state index is 0.0329. The molecular weight excluding hydrogens is 370 g/mol. The van der Waals surface area contributed by atoms with E-state index in [4.69, 9.17) is 9.26 Å². The second kappa shape index (κ2) is 7.85. The highest BCUT2D eigenvalue weighted by Crippen LogP contribution is 2.33. The molecule has 0 fully saturated rings. The summed E-state index contributed by atoms with van der Waals surface area (Å²) in [6.45, 7) is 0.932. The first kappa shape index (κ1) is 17.6. The molecule has 0 atom stereocenters. The molecule has 0 saturated carbocycles. The van der Waals surface area contributed by atoms with Crippen LogP contribution in [-0.2, 0) is 6.54 Å². The van der Waals surface area contributed by atoms with Crippen molar-refractivity contribution in [2.24, 2.45) is 0 Å². The summed E-state index contributed by atoms with van der Waals surface area (Å²) in [5.41, 5.74) is 2.50. The summed E-state index contributed by atoms with van der Waals surface area (Å²) in [7, 11) is 0. The first-order valence-corrected chi connectivity index (χ1v) is 9.30. The summed E-state index contributed by atoms with van der Waals surface area (Å²) >= 11 is 1.58. The van der Waals surface area contributed by atoms with Gasteiger partial charge in [0.2, 0.25) is 0 Å². The molecule has 0 spiro atoms. The zero-order chi connectivity index (χ0) is 18.6. The molecule has 0 aliphatic rings. The van der Waals surface area contributed by atoms with Crippen LogP contribution in [0.15, 0.2) is 58.4 Å². The fourth-order valence-electron chi connectivity index (χ4n) is 2.75. The van der Waals surface area contributed by atoms with Gasteiger partial charge < -0.3 is 14.6 Å². The van der Waals surface area contributed by atoms with Gasteiger partial charge in [-0.05, 0) is 35.7 Å². The van der Waals surface area contributed by atoms with Crippen LogP contribution in [0.3, 0.4) is 0 Å². The number of halogens is 2. The molecule has 0 aliphatic heterocycles. The SMILES string of the molecule is Fc1cccc(F)c1CNCCOc1cccc(-c2noc3ccsc23)c1. The number of hydrogen-bond acceptors (Lipinski definition) is 5. The van der Waals surface area contributed by atoms with E-state index in [1.54, 1.807) is 11.3 Å². The van der Waals surface area contributed by atoms with Gasteiger partial charge >= 0.3 is 0 Å². The molecule has 0 saturated heterocycles. The number of fused-ring (bicyclic) bond motifs is 1. The number of thiophene rings is 1. The smallest absolute Gasteiger partial charge is 0.178 e. The maximum absolute atomic E-state index is 13.6. The Labute approximate surface area is 158 Å². The molecule has 27 heavy (non-hydrogen) atoms. The minimum atomic E-state index is -0.552. The number of aromatic nitrogens is 1. The highest BCUT2D eigenvalue weighted by atomic mass is 32.1. The number of nitrogens with zero attached hydrogens (tertiary/aromatic N) is 1. The minimum Gasteiger partial charge on any atom is -0.492 e. The van der Waals surface area contributed by atoms with Crippen molar-refractivity contribution in [2.45, 2.75) is 6.54 Å². The van der Waals surface area contributed by atoms with Gasteiger partial charge in [-0.1, -0.05) is 23.4 Å². The molecule has 1 N–H and O–H groups in total. The molecular formula is C20H16F2N2O2S. The number of benzene rings is 2. The van der Waals surface area contributed by atoms with E-state index in [1.807, 2.05) is 35.7 Å². The van der Waals surface area contributed by atoms with Gasteiger partial charge in [0.25, 0.3) is 0 Å². The molecule has 4 rings (SSSR count). The van der Waals surface area contributed by atoms with Gasteiger partial charge in [0, 0.05) is 24.2 Å². The lowest BCUT2D eigenvalue weighted by atomic mass is 10.1. The molecule has 2 aromatic heterocycles. The van der Waals surface area contributed by atoms with Gasteiger partial charge in [-0.15, -0.1) is 11.3 Å². The third-order valence-corrected chi connectivity index (χ3v) is 5.00. The number of rotatable bonds is 7. The van der Waals surface area contributed by atoms with Crippen LogP contribution in [-0.4, -0.2) is 18.3 Å². The topological polar surface area (TPSA) is 47.3 Å². The lowest BCUT2D eigenvalue weighted by Crippen LogP contribution is -2.21. The second-order valence-electron chi connectivity index (χ2n) is 5.90. The summed E-state index contributed by atoms with van der Waals surface area (Å²) in [6, 6.07) is 13.3.